The molecule has 3 N–H and O–H groups in total. The molecule has 1 amide bonds. The van der Waals surface area contributed by atoms with Crippen molar-refractivity contribution >= 4 is 17.1 Å². The number of carbonyl (C=O) groups excluding carboxylic acids is 1. The van der Waals surface area contributed by atoms with Crippen LogP contribution in [-0.4, -0.2) is 54.9 Å². The van der Waals surface area contributed by atoms with Gasteiger partial charge in [0.25, 0.3) is 0 Å². The molecular formula is C23H25N5O3. The van der Waals surface area contributed by atoms with Gasteiger partial charge in [0, 0.05) is 12.6 Å². The zero-order chi connectivity index (χ0) is 22.1. The lowest BCUT2D eigenvalue weighted by Crippen LogP contribution is -2.38. The third-order valence-electron chi connectivity index (χ3n) is 6.00. The number of hydrogen-bond donors (Lipinski definition) is 3. The Bertz CT molecular complexity index is 1160. The van der Waals surface area contributed by atoms with Gasteiger partial charge in [0.05, 0.1) is 30.1 Å². The maximum absolute atomic E-state index is 12.4. The molecular weight excluding hydrogens is 394 g/mol. The fourth-order valence-corrected chi connectivity index (χ4v) is 4.50. The Morgan fingerprint density at radius 2 is 1.90 bits per heavy atom. The molecule has 3 aromatic rings. The number of rotatable bonds is 3. The zero-order valence-electron chi connectivity index (χ0n) is 17.6. The van der Waals surface area contributed by atoms with Crippen molar-refractivity contribution in [2.24, 2.45) is 11.8 Å². The second kappa shape index (κ2) is 8.46. The largest absolute Gasteiger partial charge is 0.390 e. The number of fused-ring (bicyclic) bond motifs is 1. The van der Waals surface area contributed by atoms with Gasteiger partial charge in [-0.15, -0.1) is 0 Å². The number of nitrogens with one attached hydrogen (secondary N) is 1. The molecule has 5 atom stereocenters. The van der Waals surface area contributed by atoms with E-state index in [2.05, 4.69) is 32.1 Å². The third kappa shape index (κ3) is 3.67. The summed E-state index contributed by atoms with van der Waals surface area (Å²) in [7, 11) is 1.53. The Kier molecular flexibility index (Phi) is 5.72. The van der Waals surface area contributed by atoms with E-state index in [4.69, 9.17) is 0 Å². The number of aliphatic hydroxyl groups excluding tert-OH is 2. The first-order valence-corrected chi connectivity index (χ1v) is 10.3. The van der Waals surface area contributed by atoms with Crippen molar-refractivity contribution in [1.29, 1.82) is 0 Å². The minimum Gasteiger partial charge on any atom is -0.390 e. The molecule has 0 radical (unpaired) electrons. The summed E-state index contributed by atoms with van der Waals surface area (Å²) in [6, 6.07) is 9.02. The summed E-state index contributed by atoms with van der Waals surface area (Å²) in [5, 5.41) is 24.1. The number of carbonyl (C=O) groups is 1. The fraction of sp³-hybridized carbons (Fsp3) is 0.391. The summed E-state index contributed by atoms with van der Waals surface area (Å²) in [6.45, 7) is 3.77. The second-order valence-electron chi connectivity index (χ2n) is 7.76. The molecule has 4 rings (SSSR count). The van der Waals surface area contributed by atoms with Gasteiger partial charge in [0.2, 0.25) is 11.7 Å². The number of nitrogens with zero attached hydrogens (tertiary/aromatic N) is 4. The number of benzene rings is 1. The van der Waals surface area contributed by atoms with Crippen LogP contribution in [0, 0.1) is 30.6 Å². The van der Waals surface area contributed by atoms with E-state index in [1.807, 2.05) is 44.2 Å². The summed E-state index contributed by atoms with van der Waals surface area (Å²) < 4.78 is 1.75. The Morgan fingerprint density at radius 3 is 2.58 bits per heavy atom. The van der Waals surface area contributed by atoms with Crippen LogP contribution >= 0.6 is 0 Å². The van der Waals surface area contributed by atoms with E-state index in [0.29, 0.717) is 29.1 Å². The molecule has 2 aromatic heterocycles. The summed E-state index contributed by atoms with van der Waals surface area (Å²) in [5.74, 6) is 5.11. The molecule has 2 heterocycles. The zero-order valence-corrected chi connectivity index (χ0v) is 17.6. The minimum atomic E-state index is -1.17. The lowest BCUT2D eigenvalue weighted by atomic mass is 9.89. The summed E-state index contributed by atoms with van der Waals surface area (Å²) >= 11 is 0. The maximum Gasteiger partial charge on any atom is 0.225 e. The summed E-state index contributed by atoms with van der Waals surface area (Å²) in [4.78, 5) is 25.9. The van der Waals surface area contributed by atoms with Crippen molar-refractivity contribution in [3.63, 3.8) is 0 Å². The fourth-order valence-electron chi connectivity index (χ4n) is 4.50. The molecule has 0 bridgehead atoms. The number of aliphatic hydroxyl groups is 2. The van der Waals surface area contributed by atoms with Crippen LogP contribution in [0.2, 0.25) is 0 Å². The molecule has 8 heteroatoms. The Balaban J connectivity index is 1.79. The molecule has 31 heavy (non-hydrogen) atoms. The Labute approximate surface area is 180 Å². The molecule has 160 valence electrons. The number of amides is 1. The van der Waals surface area contributed by atoms with E-state index in [1.54, 1.807) is 10.9 Å². The van der Waals surface area contributed by atoms with Crippen LogP contribution < -0.4 is 5.32 Å². The SMILES string of the molecule is CCC1C(C(=O)NC)C(O)C(O)C1n1cnc2c(C)nc(C#Cc3ccccc3)nc21. The average molecular weight is 419 g/mol. The predicted octanol–water partition coefficient (Wildman–Crippen LogP) is 1.20. The van der Waals surface area contributed by atoms with Crippen LogP contribution in [0.15, 0.2) is 36.7 Å². The van der Waals surface area contributed by atoms with Gasteiger partial charge in [-0.25, -0.2) is 15.0 Å². The van der Waals surface area contributed by atoms with Gasteiger partial charge in [-0.1, -0.05) is 37.5 Å². The highest BCUT2D eigenvalue weighted by molar-refractivity contribution is 5.80. The molecule has 0 saturated heterocycles. The molecule has 1 saturated carbocycles. The molecule has 5 unspecified atom stereocenters. The second-order valence-corrected chi connectivity index (χ2v) is 7.76. The molecule has 8 nitrogen and oxygen atoms in total. The van der Waals surface area contributed by atoms with E-state index < -0.39 is 24.2 Å². The van der Waals surface area contributed by atoms with Crippen LogP contribution in [-0.2, 0) is 4.79 Å². The molecule has 1 aliphatic rings. The van der Waals surface area contributed by atoms with E-state index in [1.165, 1.54) is 7.05 Å². The monoisotopic (exact) mass is 419 g/mol. The normalized spacial score (nSPS) is 25.3. The highest BCUT2D eigenvalue weighted by atomic mass is 16.3. The smallest absolute Gasteiger partial charge is 0.225 e. The lowest BCUT2D eigenvalue weighted by Gasteiger charge is -2.24. The van der Waals surface area contributed by atoms with Gasteiger partial charge in [0.15, 0.2) is 5.65 Å². The summed E-state index contributed by atoms with van der Waals surface area (Å²) in [5.41, 5.74) is 2.65. The third-order valence-corrected chi connectivity index (χ3v) is 6.00. The standard InChI is InChI=1S/C23H25N5O3/c1-4-15-17(23(31)24-3)20(29)21(30)19(15)28-12-25-18-13(2)26-16(27-22(18)28)11-10-14-8-6-5-7-9-14/h5-9,12,15,17,19-21,29-30H,4H2,1-3H3,(H,24,31). The minimum absolute atomic E-state index is 0.281. The van der Waals surface area contributed by atoms with E-state index in [9.17, 15) is 15.0 Å². The highest BCUT2D eigenvalue weighted by Gasteiger charge is 2.52. The van der Waals surface area contributed by atoms with E-state index >= 15 is 0 Å². The Morgan fingerprint density at radius 1 is 1.16 bits per heavy atom. The first-order chi connectivity index (χ1) is 15.0. The van der Waals surface area contributed by atoms with Gasteiger partial charge < -0.3 is 20.1 Å². The molecule has 1 fully saturated rings. The van der Waals surface area contributed by atoms with Crippen LogP contribution in [0.5, 0.6) is 0 Å². The highest BCUT2D eigenvalue weighted by Crippen LogP contribution is 2.44. The number of imidazole rings is 1. The summed E-state index contributed by atoms with van der Waals surface area (Å²) in [6.07, 6.45) is -0.108. The number of aryl methyl sites for hydroxylation is 1. The van der Waals surface area contributed by atoms with Crippen molar-refractivity contribution in [2.45, 2.75) is 38.5 Å². The predicted molar refractivity (Wildman–Crippen MR) is 115 cm³/mol. The van der Waals surface area contributed by atoms with Gasteiger partial charge >= 0.3 is 0 Å². The molecule has 0 spiro atoms. The molecule has 0 aliphatic heterocycles. The van der Waals surface area contributed by atoms with Gasteiger partial charge in [-0.05, 0) is 30.9 Å². The first-order valence-electron chi connectivity index (χ1n) is 10.3. The first kappa shape index (κ1) is 21.0. The number of aromatic nitrogens is 4. The van der Waals surface area contributed by atoms with Gasteiger partial charge in [0.1, 0.15) is 11.6 Å². The average Bonchev–Trinajstić information content (AvgIpc) is 3.31. The topological polar surface area (TPSA) is 113 Å². The number of hydrogen-bond acceptors (Lipinski definition) is 6. The van der Waals surface area contributed by atoms with Crippen molar-refractivity contribution in [3.8, 4) is 11.8 Å². The van der Waals surface area contributed by atoms with Crippen LogP contribution in [0.4, 0.5) is 0 Å². The van der Waals surface area contributed by atoms with Crippen molar-refractivity contribution in [2.75, 3.05) is 7.05 Å². The van der Waals surface area contributed by atoms with E-state index in [0.717, 1.165) is 5.56 Å². The Hall–Kier alpha value is -3.28. The molecule has 1 aromatic carbocycles. The van der Waals surface area contributed by atoms with Crippen molar-refractivity contribution in [1.82, 2.24) is 24.8 Å². The van der Waals surface area contributed by atoms with Crippen molar-refractivity contribution < 1.29 is 15.0 Å². The van der Waals surface area contributed by atoms with Crippen molar-refractivity contribution in [3.05, 3.63) is 53.7 Å². The van der Waals surface area contributed by atoms with Gasteiger partial charge in [-0.3, -0.25) is 4.79 Å². The lowest BCUT2D eigenvalue weighted by molar-refractivity contribution is -0.129. The van der Waals surface area contributed by atoms with Crippen LogP contribution in [0.3, 0.4) is 0 Å². The van der Waals surface area contributed by atoms with Crippen LogP contribution in [0.25, 0.3) is 11.2 Å². The van der Waals surface area contributed by atoms with E-state index in [-0.39, 0.29) is 11.8 Å². The maximum atomic E-state index is 12.4. The van der Waals surface area contributed by atoms with Gasteiger partial charge in [-0.2, -0.15) is 0 Å². The van der Waals surface area contributed by atoms with Crippen LogP contribution in [0.1, 0.15) is 36.5 Å². The molecule has 1 aliphatic carbocycles. The quantitative estimate of drug-likeness (QED) is 0.550.